The van der Waals surface area contributed by atoms with Crippen LogP contribution in [-0.4, -0.2) is 46.4 Å². The normalized spacial score (nSPS) is 14.3. The minimum Gasteiger partial charge on any atom is -0.497 e. The van der Waals surface area contributed by atoms with E-state index in [0.717, 1.165) is 39.5 Å². The predicted molar refractivity (Wildman–Crippen MR) is 157 cm³/mol. The summed E-state index contributed by atoms with van der Waals surface area (Å²) < 4.78 is 4.98. The number of fused-ring (bicyclic) bond motifs is 1. The molecule has 1 aliphatic rings. The molecular weight excluding hydrogens is 480 g/mol. The van der Waals surface area contributed by atoms with Gasteiger partial charge in [-0.1, -0.05) is 56.8 Å². The van der Waals surface area contributed by atoms with E-state index in [1.165, 1.54) is 0 Å². The van der Waals surface area contributed by atoms with Gasteiger partial charge in [0, 0.05) is 50.5 Å². The van der Waals surface area contributed by atoms with E-state index in [9.17, 15) is 4.79 Å². The van der Waals surface area contributed by atoms with Crippen LogP contribution in [0.1, 0.15) is 37.5 Å². The molecule has 0 radical (unpaired) electrons. The molecule has 1 aliphatic heterocycles. The van der Waals surface area contributed by atoms with E-state index in [-0.39, 0.29) is 5.91 Å². The number of anilines is 2. The number of carbonyl (C=O) groups is 1. The maximum absolute atomic E-state index is 13.0. The zero-order chi connectivity index (χ0) is 27.0. The number of nitrogens with zero attached hydrogens (tertiary/aromatic N) is 3. The number of amides is 1. The van der Waals surface area contributed by atoms with E-state index in [2.05, 4.69) is 69.7 Å². The summed E-state index contributed by atoms with van der Waals surface area (Å²) in [7, 11) is 9.82. The predicted octanol–water partition coefficient (Wildman–Crippen LogP) is 6.02. The Kier molecular flexibility index (Phi) is 7.29. The molecule has 0 fully saturated rings. The highest BCUT2D eigenvalue weighted by Crippen LogP contribution is 2.55. The molecular formula is C30H36N4O2S. The maximum Gasteiger partial charge on any atom is 0.231 e. The SMILES string of the molecule is COc1ccc2c(c1)C(c1ccc(N(C)C)cc1)(c1ccc(N(C)C)cc1)SC(NC(=O)C(C)(C)C)=N2. The van der Waals surface area contributed by atoms with Crippen molar-refractivity contribution >= 4 is 39.9 Å². The van der Waals surface area contributed by atoms with Gasteiger partial charge in [0.2, 0.25) is 5.91 Å². The van der Waals surface area contributed by atoms with Crippen molar-refractivity contribution in [3.63, 3.8) is 0 Å². The summed E-state index contributed by atoms with van der Waals surface area (Å²) in [6.07, 6.45) is 0. The molecule has 0 aromatic heterocycles. The molecule has 0 saturated heterocycles. The van der Waals surface area contributed by atoms with Crippen molar-refractivity contribution in [3.8, 4) is 5.75 Å². The second-order valence-corrected chi connectivity index (χ2v) is 11.9. The lowest BCUT2D eigenvalue weighted by molar-refractivity contribution is -0.126. The average Bonchev–Trinajstić information content (AvgIpc) is 2.87. The molecule has 6 nitrogen and oxygen atoms in total. The molecule has 0 aliphatic carbocycles. The van der Waals surface area contributed by atoms with Gasteiger partial charge in [0.15, 0.2) is 5.17 Å². The molecule has 194 valence electrons. The first-order chi connectivity index (χ1) is 17.5. The van der Waals surface area contributed by atoms with Gasteiger partial charge in [-0.25, -0.2) is 4.99 Å². The van der Waals surface area contributed by atoms with Crippen molar-refractivity contribution < 1.29 is 9.53 Å². The number of thioether (sulfide) groups is 1. The molecule has 37 heavy (non-hydrogen) atoms. The van der Waals surface area contributed by atoms with Crippen LogP contribution in [0.5, 0.6) is 5.75 Å². The largest absolute Gasteiger partial charge is 0.497 e. The van der Waals surface area contributed by atoms with Crippen LogP contribution in [0, 0.1) is 5.41 Å². The van der Waals surface area contributed by atoms with Crippen LogP contribution in [0.2, 0.25) is 0 Å². The third kappa shape index (κ3) is 5.18. The van der Waals surface area contributed by atoms with Crippen LogP contribution < -0.4 is 19.9 Å². The van der Waals surface area contributed by atoms with Gasteiger partial charge in [0.25, 0.3) is 0 Å². The quantitative estimate of drug-likeness (QED) is 0.450. The van der Waals surface area contributed by atoms with Gasteiger partial charge in [0.05, 0.1) is 12.8 Å². The van der Waals surface area contributed by atoms with Gasteiger partial charge in [-0.05, 0) is 53.6 Å². The van der Waals surface area contributed by atoms with Gasteiger partial charge in [0.1, 0.15) is 10.5 Å². The highest BCUT2D eigenvalue weighted by atomic mass is 32.2. The van der Waals surface area contributed by atoms with E-state index < -0.39 is 10.2 Å². The Morgan fingerprint density at radius 2 is 1.38 bits per heavy atom. The lowest BCUT2D eigenvalue weighted by Gasteiger charge is -2.39. The first-order valence-corrected chi connectivity index (χ1v) is 13.1. The minimum atomic E-state index is -0.665. The average molecular weight is 517 g/mol. The van der Waals surface area contributed by atoms with Crippen LogP contribution >= 0.6 is 11.8 Å². The van der Waals surface area contributed by atoms with Gasteiger partial charge in [-0.2, -0.15) is 0 Å². The van der Waals surface area contributed by atoms with Crippen molar-refractivity contribution in [2.45, 2.75) is 25.5 Å². The van der Waals surface area contributed by atoms with Crippen molar-refractivity contribution in [1.82, 2.24) is 5.32 Å². The number of methoxy groups -OCH3 is 1. The number of rotatable bonds is 5. The fraction of sp³-hybridized carbons (Fsp3) is 0.333. The van der Waals surface area contributed by atoms with E-state index >= 15 is 0 Å². The number of benzene rings is 3. The summed E-state index contributed by atoms with van der Waals surface area (Å²) in [6, 6.07) is 23.1. The molecule has 1 amide bonds. The highest BCUT2D eigenvalue weighted by molar-refractivity contribution is 8.15. The zero-order valence-electron chi connectivity index (χ0n) is 22.9. The lowest BCUT2D eigenvalue weighted by Crippen LogP contribution is -2.41. The first-order valence-electron chi connectivity index (χ1n) is 12.3. The van der Waals surface area contributed by atoms with Crippen LogP contribution in [0.3, 0.4) is 0 Å². The summed E-state index contributed by atoms with van der Waals surface area (Å²) in [5.74, 6) is 0.687. The molecule has 0 atom stereocenters. The standard InChI is InChI=1S/C30H36N4O2S/c1-29(2,3)27(35)32-28-31-26-18-17-24(36-8)19-25(26)30(37-28,20-9-13-22(14-10-20)33(4)5)21-11-15-23(16-12-21)34(6)7/h9-19H,1-8H3,(H,31,32,35). The van der Waals surface area contributed by atoms with Crippen molar-refractivity contribution in [1.29, 1.82) is 0 Å². The topological polar surface area (TPSA) is 57.2 Å². The maximum atomic E-state index is 13.0. The van der Waals surface area contributed by atoms with Crippen molar-refractivity contribution in [2.24, 2.45) is 10.4 Å². The molecule has 0 saturated carbocycles. The smallest absolute Gasteiger partial charge is 0.231 e. The third-order valence-corrected chi connectivity index (χ3v) is 7.92. The summed E-state index contributed by atoms with van der Waals surface area (Å²) in [5.41, 5.74) is 5.68. The van der Waals surface area contributed by atoms with Crippen LogP contribution in [0.4, 0.5) is 17.1 Å². The molecule has 3 aromatic rings. The second kappa shape index (κ2) is 10.1. The Morgan fingerprint density at radius 3 is 1.81 bits per heavy atom. The molecule has 3 aromatic carbocycles. The third-order valence-electron chi connectivity index (χ3n) is 6.54. The first kappa shape index (κ1) is 26.6. The van der Waals surface area contributed by atoms with Gasteiger partial charge in [-0.3, -0.25) is 4.79 Å². The number of aliphatic imine (C=N–C) groups is 1. The number of hydrogen-bond donors (Lipinski definition) is 1. The van der Waals surface area contributed by atoms with E-state index in [0.29, 0.717) is 5.17 Å². The Balaban J connectivity index is 1.99. The number of hydrogen-bond acceptors (Lipinski definition) is 6. The molecule has 4 rings (SSSR count). The monoisotopic (exact) mass is 516 g/mol. The fourth-order valence-corrected chi connectivity index (χ4v) is 5.64. The number of carbonyl (C=O) groups excluding carboxylic acids is 1. The number of amidine groups is 1. The molecule has 0 bridgehead atoms. The summed E-state index contributed by atoms with van der Waals surface area (Å²) >= 11 is 1.56. The Hall–Kier alpha value is -3.45. The number of ether oxygens (including phenoxy) is 1. The zero-order valence-corrected chi connectivity index (χ0v) is 23.7. The Morgan fingerprint density at radius 1 is 0.865 bits per heavy atom. The van der Waals surface area contributed by atoms with Crippen LogP contribution in [-0.2, 0) is 9.54 Å². The Labute approximate surface area is 224 Å². The highest BCUT2D eigenvalue weighted by Gasteiger charge is 2.44. The van der Waals surface area contributed by atoms with Crippen molar-refractivity contribution in [3.05, 3.63) is 83.4 Å². The minimum absolute atomic E-state index is 0.0736. The second-order valence-electron chi connectivity index (χ2n) is 10.7. The van der Waals surface area contributed by atoms with E-state index in [1.807, 2.05) is 61.1 Å². The molecule has 1 heterocycles. The fourth-order valence-electron chi connectivity index (χ4n) is 4.28. The summed E-state index contributed by atoms with van der Waals surface area (Å²) in [5, 5.41) is 3.68. The van der Waals surface area contributed by atoms with Gasteiger partial charge < -0.3 is 19.9 Å². The molecule has 1 N–H and O–H groups in total. The lowest BCUT2D eigenvalue weighted by atomic mass is 9.82. The van der Waals surface area contributed by atoms with Gasteiger partial charge in [-0.15, -0.1) is 0 Å². The Bertz CT molecular complexity index is 1260. The summed E-state index contributed by atoms with van der Waals surface area (Å²) in [6.45, 7) is 5.72. The molecule has 0 unspecified atom stereocenters. The molecule has 0 spiro atoms. The summed E-state index contributed by atoms with van der Waals surface area (Å²) in [4.78, 5) is 22.1. The molecule has 7 heteroatoms. The van der Waals surface area contributed by atoms with E-state index in [4.69, 9.17) is 9.73 Å². The van der Waals surface area contributed by atoms with E-state index in [1.54, 1.807) is 18.9 Å². The van der Waals surface area contributed by atoms with Crippen molar-refractivity contribution in [2.75, 3.05) is 45.1 Å². The number of nitrogens with one attached hydrogen (secondary N) is 1. The van der Waals surface area contributed by atoms with Crippen LogP contribution in [0.25, 0.3) is 0 Å². The van der Waals surface area contributed by atoms with Gasteiger partial charge >= 0.3 is 0 Å². The van der Waals surface area contributed by atoms with Crippen LogP contribution in [0.15, 0.2) is 71.7 Å².